The van der Waals surface area contributed by atoms with Crippen LogP contribution in [0.3, 0.4) is 0 Å². The first kappa shape index (κ1) is 12.7. The Labute approximate surface area is 107 Å². The molecule has 96 valence electrons. The van der Waals surface area contributed by atoms with Gasteiger partial charge in [-0.2, -0.15) is 0 Å². The van der Waals surface area contributed by atoms with E-state index in [1.807, 2.05) is 12.2 Å². The molecule has 0 amide bonds. The first-order valence-corrected chi connectivity index (χ1v) is 6.41. The molecule has 1 aromatic carbocycles. The van der Waals surface area contributed by atoms with Crippen LogP contribution in [0, 0.1) is 0 Å². The zero-order chi connectivity index (χ0) is 13.0. The molecule has 0 aromatic heterocycles. The summed E-state index contributed by atoms with van der Waals surface area (Å²) in [6.45, 7) is 0. The van der Waals surface area contributed by atoms with Gasteiger partial charge in [0.2, 0.25) is 0 Å². The van der Waals surface area contributed by atoms with E-state index in [-0.39, 0.29) is 11.5 Å². The lowest BCUT2D eigenvalue weighted by Gasteiger charge is -2.20. The highest BCUT2D eigenvalue weighted by molar-refractivity contribution is 5.64. The van der Waals surface area contributed by atoms with Crippen LogP contribution in [0.15, 0.2) is 12.1 Å². The maximum Gasteiger partial charge on any atom is 0.160 e. The van der Waals surface area contributed by atoms with Crippen molar-refractivity contribution in [1.29, 1.82) is 0 Å². The summed E-state index contributed by atoms with van der Waals surface area (Å²) in [4.78, 5) is 10.2. The van der Waals surface area contributed by atoms with Crippen molar-refractivity contribution >= 4 is 12.4 Å². The molecule has 0 saturated carbocycles. The molecule has 0 atom stereocenters. The molecule has 18 heavy (non-hydrogen) atoms. The maximum atomic E-state index is 10.2. The van der Waals surface area contributed by atoms with Crippen molar-refractivity contribution < 1.29 is 15.0 Å². The van der Waals surface area contributed by atoms with E-state index < -0.39 is 0 Å². The van der Waals surface area contributed by atoms with Crippen LogP contribution in [0.25, 0.3) is 6.08 Å². The number of carbonyl (C=O) groups excluding carboxylic acids is 1. The molecule has 0 radical (unpaired) electrons. The second kappa shape index (κ2) is 5.71. The van der Waals surface area contributed by atoms with Gasteiger partial charge >= 0.3 is 0 Å². The van der Waals surface area contributed by atoms with Gasteiger partial charge in [-0.05, 0) is 49.3 Å². The number of hydrogen-bond acceptors (Lipinski definition) is 3. The Morgan fingerprint density at radius 2 is 1.83 bits per heavy atom. The average Bonchev–Trinajstić information content (AvgIpc) is 2.40. The standard InChI is InChI=1S/C15H18O3/c16-9-5-1-2-6-11-10-14(17)15(18)13-8-4-3-7-12(11)13/h2,6,9-10,17-18H,1,3-5,7-8H2. The molecule has 1 aliphatic carbocycles. The summed E-state index contributed by atoms with van der Waals surface area (Å²) in [5, 5.41) is 19.6. The molecule has 3 nitrogen and oxygen atoms in total. The molecule has 3 heteroatoms. The first-order valence-electron chi connectivity index (χ1n) is 6.41. The van der Waals surface area contributed by atoms with Gasteiger partial charge in [0.05, 0.1) is 0 Å². The Kier molecular flexibility index (Phi) is 4.03. The van der Waals surface area contributed by atoms with Gasteiger partial charge in [0.1, 0.15) is 6.29 Å². The van der Waals surface area contributed by atoms with Crippen LogP contribution in [-0.4, -0.2) is 16.5 Å². The van der Waals surface area contributed by atoms with Crippen LogP contribution in [0.2, 0.25) is 0 Å². The van der Waals surface area contributed by atoms with Crippen molar-refractivity contribution in [3.63, 3.8) is 0 Å². The number of phenols is 2. The lowest BCUT2D eigenvalue weighted by molar-refractivity contribution is -0.107. The maximum absolute atomic E-state index is 10.2. The molecule has 1 aliphatic rings. The lowest BCUT2D eigenvalue weighted by atomic mass is 9.87. The lowest BCUT2D eigenvalue weighted by Crippen LogP contribution is -2.05. The number of allylic oxidation sites excluding steroid dienone is 1. The van der Waals surface area contributed by atoms with Gasteiger partial charge in [-0.1, -0.05) is 12.2 Å². The summed E-state index contributed by atoms with van der Waals surface area (Å²) >= 11 is 0. The quantitative estimate of drug-likeness (QED) is 0.488. The summed E-state index contributed by atoms with van der Waals surface area (Å²) < 4.78 is 0. The van der Waals surface area contributed by atoms with E-state index in [1.165, 1.54) is 0 Å². The monoisotopic (exact) mass is 246 g/mol. The molecule has 2 rings (SSSR count). The third-order valence-electron chi connectivity index (χ3n) is 3.39. The predicted molar refractivity (Wildman–Crippen MR) is 70.7 cm³/mol. The third-order valence-corrected chi connectivity index (χ3v) is 3.39. The van der Waals surface area contributed by atoms with Gasteiger partial charge in [0, 0.05) is 12.0 Å². The number of benzene rings is 1. The fourth-order valence-electron chi connectivity index (χ4n) is 2.47. The number of carbonyl (C=O) groups is 1. The number of aromatic hydroxyl groups is 2. The molecule has 0 unspecified atom stereocenters. The highest BCUT2D eigenvalue weighted by Gasteiger charge is 2.18. The molecule has 0 aliphatic heterocycles. The van der Waals surface area contributed by atoms with Crippen LogP contribution in [0.4, 0.5) is 0 Å². The summed E-state index contributed by atoms with van der Waals surface area (Å²) in [5.74, 6) is -0.0135. The fraction of sp³-hybridized carbons (Fsp3) is 0.400. The van der Waals surface area contributed by atoms with Crippen molar-refractivity contribution in [2.75, 3.05) is 0 Å². The summed E-state index contributed by atoms with van der Waals surface area (Å²) in [6, 6.07) is 1.61. The highest BCUT2D eigenvalue weighted by Crippen LogP contribution is 2.38. The summed E-state index contributed by atoms with van der Waals surface area (Å²) in [6.07, 6.45) is 9.94. The van der Waals surface area contributed by atoms with Crippen LogP contribution in [0.5, 0.6) is 11.5 Å². The second-order valence-corrected chi connectivity index (χ2v) is 4.64. The topological polar surface area (TPSA) is 57.5 Å². The van der Waals surface area contributed by atoms with Crippen molar-refractivity contribution in [1.82, 2.24) is 0 Å². The van der Waals surface area contributed by atoms with E-state index in [1.54, 1.807) is 6.07 Å². The van der Waals surface area contributed by atoms with Gasteiger partial charge in [-0.25, -0.2) is 0 Å². The SMILES string of the molecule is O=CCCC=Cc1cc(O)c(O)c2c1CCCC2. The molecule has 0 fully saturated rings. The van der Waals surface area contributed by atoms with Crippen molar-refractivity contribution in [2.45, 2.75) is 38.5 Å². The Morgan fingerprint density at radius 1 is 1.11 bits per heavy atom. The van der Waals surface area contributed by atoms with Crippen LogP contribution in [-0.2, 0) is 17.6 Å². The molecule has 2 N–H and O–H groups in total. The average molecular weight is 246 g/mol. The Morgan fingerprint density at radius 3 is 2.56 bits per heavy atom. The smallest absolute Gasteiger partial charge is 0.160 e. The van der Waals surface area contributed by atoms with Crippen molar-refractivity contribution in [2.24, 2.45) is 0 Å². The molecule has 0 bridgehead atoms. The van der Waals surface area contributed by atoms with Crippen LogP contribution < -0.4 is 0 Å². The van der Waals surface area contributed by atoms with Crippen molar-refractivity contribution in [3.05, 3.63) is 28.8 Å². The summed E-state index contributed by atoms with van der Waals surface area (Å²) in [5.41, 5.74) is 2.99. The zero-order valence-electron chi connectivity index (χ0n) is 10.4. The van der Waals surface area contributed by atoms with Gasteiger partial charge in [-0.15, -0.1) is 0 Å². The number of hydrogen-bond donors (Lipinski definition) is 2. The van der Waals surface area contributed by atoms with E-state index in [2.05, 4.69) is 0 Å². The number of phenolic OH excluding ortho intramolecular Hbond substituents is 2. The minimum Gasteiger partial charge on any atom is -0.504 e. The van der Waals surface area contributed by atoms with Crippen molar-refractivity contribution in [3.8, 4) is 11.5 Å². The third kappa shape index (κ3) is 2.55. The van der Waals surface area contributed by atoms with E-state index in [0.29, 0.717) is 12.8 Å². The Hall–Kier alpha value is -1.77. The van der Waals surface area contributed by atoms with E-state index in [4.69, 9.17) is 0 Å². The second-order valence-electron chi connectivity index (χ2n) is 4.64. The largest absolute Gasteiger partial charge is 0.504 e. The molecule has 1 aromatic rings. The zero-order valence-corrected chi connectivity index (χ0v) is 10.4. The highest BCUT2D eigenvalue weighted by atomic mass is 16.3. The van der Waals surface area contributed by atoms with Gasteiger partial charge in [0.15, 0.2) is 11.5 Å². The Balaban J connectivity index is 2.32. The van der Waals surface area contributed by atoms with Crippen LogP contribution >= 0.6 is 0 Å². The molecular formula is C15H18O3. The van der Waals surface area contributed by atoms with E-state index in [0.717, 1.165) is 48.7 Å². The predicted octanol–water partition coefficient (Wildman–Crippen LogP) is 2.97. The van der Waals surface area contributed by atoms with Gasteiger partial charge in [-0.3, -0.25) is 0 Å². The summed E-state index contributed by atoms with van der Waals surface area (Å²) in [7, 11) is 0. The number of aldehydes is 1. The number of rotatable bonds is 4. The first-order chi connectivity index (χ1) is 8.74. The van der Waals surface area contributed by atoms with E-state index in [9.17, 15) is 15.0 Å². The van der Waals surface area contributed by atoms with E-state index >= 15 is 0 Å². The minimum absolute atomic E-state index is 0.0368. The molecule has 0 saturated heterocycles. The Bertz CT molecular complexity index is 475. The minimum atomic E-state index is -0.0503. The molecular weight excluding hydrogens is 228 g/mol. The van der Waals surface area contributed by atoms with Crippen LogP contribution in [0.1, 0.15) is 42.4 Å². The van der Waals surface area contributed by atoms with Gasteiger partial charge in [0.25, 0.3) is 0 Å². The number of unbranched alkanes of at least 4 members (excludes halogenated alkanes) is 1. The molecule has 0 heterocycles. The number of fused-ring (bicyclic) bond motifs is 1. The van der Waals surface area contributed by atoms with Gasteiger partial charge < -0.3 is 15.0 Å². The normalized spacial score (nSPS) is 14.7. The fourth-order valence-corrected chi connectivity index (χ4v) is 2.47. The molecule has 0 spiro atoms.